The van der Waals surface area contributed by atoms with Gasteiger partial charge in [0.15, 0.2) is 0 Å². The maximum absolute atomic E-state index is 11.1. The van der Waals surface area contributed by atoms with Crippen molar-refractivity contribution in [3.63, 3.8) is 0 Å². The first-order chi connectivity index (χ1) is 7.45. The maximum Gasteiger partial charge on any atom is 0.337 e. The van der Waals surface area contributed by atoms with Crippen LogP contribution in [-0.2, 0) is 0 Å². The number of hydrogen-bond donors (Lipinski definition) is 2. The zero-order valence-corrected chi connectivity index (χ0v) is 9.88. The van der Waals surface area contributed by atoms with Crippen LogP contribution in [-0.4, -0.2) is 22.8 Å². The van der Waals surface area contributed by atoms with Gasteiger partial charge in [0.25, 0.3) is 0 Å². The molecule has 0 radical (unpaired) electrons. The highest BCUT2D eigenvalue weighted by molar-refractivity contribution is 6.28. The van der Waals surface area contributed by atoms with Crippen molar-refractivity contribution >= 4 is 29.1 Å². The Bertz CT molecular complexity index is 456. The number of amidine groups is 1. The molecule has 0 spiro atoms. The van der Waals surface area contributed by atoms with Crippen molar-refractivity contribution in [2.45, 2.75) is 13.8 Å². The van der Waals surface area contributed by atoms with Gasteiger partial charge in [0.1, 0.15) is 5.84 Å². The molecule has 0 fully saturated rings. The lowest BCUT2D eigenvalue weighted by molar-refractivity contribution is 0.0697. The van der Waals surface area contributed by atoms with E-state index < -0.39 is 5.97 Å². The monoisotopic (exact) mass is 240 g/mol. The molecule has 0 heterocycles. The van der Waals surface area contributed by atoms with Crippen LogP contribution in [0.3, 0.4) is 0 Å². The number of carboxylic acid groups (broad SMARTS) is 1. The quantitative estimate of drug-likeness (QED) is 0.483. The number of carboxylic acids is 1. The largest absolute Gasteiger partial charge is 0.478 e. The van der Waals surface area contributed by atoms with Gasteiger partial charge in [-0.05, 0) is 31.0 Å². The molecular formula is C11H13ClN2O2. The Labute approximate surface area is 98.8 Å². The predicted octanol–water partition coefficient (Wildman–Crippen LogP) is 2.23. The van der Waals surface area contributed by atoms with Crippen molar-refractivity contribution in [1.82, 2.24) is 0 Å². The topological polar surface area (TPSA) is 75.7 Å². The van der Waals surface area contributed by atoms with Gasteiger partial charge >= 0.3 is 5.97 Å². The van der Waals surface area contributed by atoms with Crippen LogP contribution in [0.4, 0.5) is 5.69 Å². The Hall–Kier alpha value is -1.55. The summed E-state index contributed by atoms with van der Waals surface area (Å²) in [5.74, 6) is -0.740. The molecule has 0 amide bonds. The molecular weight excluding hydrogens is 228 g/mol. The standard InChI is InChI=1S/C11H13ClN2O2/c1-6-3-7(2)10(14-9(13)5-12)8(4-6)11(15)16/h3-4H,5H2,1-2H3,(H2,13,14)(H,15,16). The average Bonchev–Trinajstić information content (AvgIpc) is 2.20. The van der Waals surface area contributed by atoms with Crippen LogP contribution in [0.5, 0.6) is 0 Å². The Morgan fingerprint density at radius 3 is 2.62 bits per heavy atom. The molecule has 0 atom stereocenters. The van der Waals surface area contributed by atoms with E-state index in [1.54, 1.807) is 13.0 Å². The molecule has 0 aliphatic rings. The van der Waals surface area contributed by atoms with Crippen LogP contribution in [0.2, 0.25) is 0 Å². The van der Waals surface area contributed by atoms with E-state index in [4.69, 9.17) is 22.4 Å². The summed E-state index contributed by atoms with van der Waals surface area (Å²) in [5, 5.41) is 9.06. The molecule has 4 nitrogen and oxygen atoms in total. The first-order valence-corrected chi connectivity index (χ1v) is 5.22. The van der Waals surface area contributed by atoms with Crippen LogP contribution in [0.25, 0.3) is 0 Å². The van der Waals surface area contributed by atoms with E-state index in [1.807, 2.05) is 13.0 Å². The van der Waals surface area contributed by atoms with Crippen LogP contribution in [0, 0.1) is 13.8 Å². The molecule has 1 aromatic rings. The number of benzene rings is 1. The number of alkyl halides is 1. The lowest BCUT2D eigenvalue weighted by Gasteiger charge is -2.07. The van der Waals surface area contributed by atoms with Crippen molar-refractivity contribution in [3.05, 3.63) is 28.8 Å². The Balaban J connectivity index is 3.41. The second kappa shape index (κ2) is 4.99. The highest BCUT2D eigenvalue weighted by Gasteiger charge is 2.13. The highest BCUT2D eigenvalue weighted by Crippen LogP contribution is 2.25. The number of carbonyl (C=O) groups is 1. The van der Waals surface area contributed by atoms with Gasteiger partial charge in [-0.3, -0.25) is 0 Å². The predicted molar refractivity (Wildman–Crippen MR) is 64.9 cm³/mol. The highest BCUT2D eigenvalue weighted by atomic mass is 35.5. The molecule has 0 aliphatic heterocycles. The van der Waals surface area contributed by atoms with Crippen LogP contribution in [0.15, 0.2) is 17.1 Å². The lowest BCUT2D eigenvalue weighted by atomic mass is 10.0. The molecule has 5 heteroatoms. The molecule has 0 saturated carbocycles. The lowest BCUT2D eigenvalue weighted by Crippen LogP contribution is -2.13. The van der Waals surface area contributed by atoms with Crippen molar-refractivity contribution in [1.29, 1.82) is 0 Å². The minimum atomic E-state index is -1.02. The number of nitrogens with two attached hydrogens (primary N) is 1. The fraction of sp³-hybridized carbons (Fsp3) is 0.273. The first kappa shape index (κ1) is 12.5. The van der Waals surface area contributed by atoms with E-state index in [1.165, 1.54) is 0 Å². The van der Waals surface area contributed by atoms with Crippen molar-refractivity contribution in [3.8, 4) is 0 Å². The minimum Gasteiger partial charge on any atom is -0.478 e. The maximum atomic E-state index is 11.1. The Kier molecular flexibility index (Phi) is 3.90. The van der Waals surface area contributed by atoms with E-state index in [9.17, 15) is 4.79 Å². The Morgan fingerprint density at radius 1 is 1.50 bits per heavy atom. The molecule has 1 aromatic carbocycles. The Morgan fingerprint density at radius 2 is 2.12 bits per heavy atom. The zero-order valence-electron chi connectivity index (χ0n) is 9.12. The molecule has 0 aliphatic carbocycles. The van der Waals surface area contributed by atoms with Gasteiger partial charge in [0, 0.05) is 0 Å². The number of nitrogens with zero attached hydrogens (tertiary/aromatic N) is 1. The number of rotatable bonds is 3. The molecule has 16 heavy (non-hydrogen) atoms. The zero-order chi connectivity index (χ0) is 12.3. The molecule has 86 valence electrons. The molecule has 1 rings (SSSR count). The summed E-state index contributed by atoms with van der Waals surface area (Å²) in [4.78, 5) is 15.1. The SMILES string of the molecule is Cc1cc(C)c(N=C(N)CCl)c(C(=O)O)c1. The first-order valence-electron chi connectivity index (χ1n) is 4.69. The van der Waals surface area contributed by atoms with Crippen LogP contribution >= 0.6 is 11.6 Å². The summed E-state index contributed by atoms with van der Waals surface area (Å²) >= 11 is 5.51. The third-order valence-corrected chi connectivity index (χ3v) is 2.34. The normalized spacial score (nSPS) is 11.6. The third-order valence-electron chi connectivity index (χ3n) is 2.07. The van der Waals surface area contributed by atoms with E-state index in [0.717, 1.165) is 11.1 Å². The summed E-state index contributed by atoms with van der Waals surface area (Å²) < 4.78 is 0. The van der Waals surface area contributed by atoms with Gasteiger partial charge in [-0.2, -0.15) is 0 Å². The fourth-order valence-corrected chi connectivity index (χ4v) is 1.50. The second-order valence-corrected chi connectivity index (χ2v) is 3.79. The number of hydrogen-bond acceptors (Lipinski definition) is 2. The molecule has 0 saturated heterocycles. The minimum absolute atomic E-state index is 0.0758. The number of halogens is 1. The van der Waals surface area contributed by atoms with Gasteiger partial charge in [-0.1, -0.05) is 6.07 Å². The van der Waals surface area contributed by atoms with E-state index in [2.05, 4.69) is 4.99 Å². The summed E-state index contributed by atoms with van der Waals surface area (Å²) in [6.07, 6.45) is 0. The fourth-order valence-electron chi connectivity index (χ4n) is 1.44. The van der Waals surface area contributed by atoms with Gasteiger partial charge in [0.05, 0.1) is 17.1 Å². The van der Waals surface area contributed by atoms with Gasteiger partial charge in [-0.15, -0.1) is 11.6 Å². The summed E-state index contributed by atoms with van der Waals surface area (Å²) in [6, 6.07) is 3.42. The van der Waals surface area contributed by atoms with Crippen LogP contribution < -0.4 is 5.73 Å². The molecule has 3 N–H and O–H groups in total. The van der Waals surface area contributed by atoms with Gasteiger partial charge in [-0.25, -0.2) is 9.79 Å². The molecule has 0 bridgehead atoms. The molecule has 0 aromatic heterocycles. The number of aliphatic imine (C=N–C) groups is 1. The van der Waals surface area contributed by atoms with Gasteiger partial charge in [0.2, 0.25) is 0 Å². The summed E-state index contributed by atoms with van der Waals surface area (Å²) in [5.41, 5.74) is 7.66. The van der Waals surface area contributed by atoms with Crippen LogP contribution in [0.1, 0.15) is 21.5 Å². The number of aryl methyl sites for hydroxylation is 2. The van der Waals surface area contributed by atoms with Gasteiger partial charge < -0.3 is 10.8 Å². The van der Waals surface area contributed by atoms with E-state index in [-0.39, 0.29) is 17.3 Å². The van der Waals surface area contributed by atoms with Crippen molar-refractivity contribution < 1.29 is 9.90 Å². The molecule has 0 unspecified atom stereocenters. The average molecular weight is 241 g/mol. The van der Waals surface area contributed by atoms with Crippen molar-refractivity contribution in [2.24, 2.45) is 10.7 Å². The number of aromatic carboxylic acids is 1. The van der Waals surface area contributed by atoms with E-state index in [0.29, 0.717) is 5.69 Å². The summed E-state index contributed by atoms with van der Waals surface area (Å²) in [7, 11) is 0. The van der Waals surface area contributed by atoms with Crippen molar-refractivity contribution in [2.75, 3.05) is 5.88 Å². The van der Waals surface area contributed by atoms with E-state index >= 15 is 0 Å². The smallest absolute Gasteiger partial charge is 0.337 e. The second-order valence-electron chi connectivity index (χ2n) is 3.52. The summed E-state index contributed by atoms with van der Waals surface area (Å²) in [6.45, 7) is 3.62. The third kappa shape index (κ3) is 2.73.